The Kier molecular flexibility index (Phi) is 11.5. The summed E-state index contributed by atoms with van der Waals surface area (Å²) >= 11 is 0. The molecule has 1 unspecified atom stereocenters. The summed E-state index contributed by atoms with van der Waals surface area (Å²) in [6.45, 7) is 4.46. The molecule has 1 aromatic carbocycles. The Morgan fingerprint density at radius 3 is 2.49 bits per heavy atom. The fourth-order valence-electron chi connectivity index (χ4n) is 8.40. The second kappa shape index (κ2) is 15.9. The predicted octanol–water partition coefficient (Wildman–Crippen LogP) is 5.15. The fraction of sp³-hybridized carbons (Fsp3) is 0.694. The molecule has 0 bridgehead atoms. The van der Waals surface area contributed by atoms with Crippen molar-refractivity contribution in [2.75, 3.05) is 58.0 Å². The maximum absolute atomic E-state index is 14.1. The Morgan fingerprint density at radius 1 is 0.979 bits per heavy atom. The minimum Gasteiger partial charge on any atom is -0.460 e. The number of hydrogen-bond acceptors (Lipinski definition) is 8. The fourth-order valence-corrected chi connectivity index (χ4v) is 8.40. The van der Waals surface area contributed by atoms with Gasteiger partial charge in [-0.25, -0.2) is 9.18 Å². The summed E-state index contributed by atoms with van der Waals surface area (Å²) in [7, 11) is 0. The van der Waals surface area contributed by atoms with Crippen molar-refractivity contribution in [3.8, 4) is 0 Å². The van der Waals surface area contributed by atoms with E-state index in [1.165, 1.54) is 6.42 Å². The molecule has 0 radical (unpaired) electrons. The van der Waals surface area contributed by atoms with Crippen LogP contribution in [0.5, 0.6) is 0 Å². The monoisotopic (exact) mass is 654 g/mol. The van der Waals surface area contributed by atoms with Gasteiger partial charge in [0.05, 0.1) is 19.8 Å². The van der Waals surface area contributed by atoms with Gasteiger partial charge in [-0.05, 0) is 80.5 Å². The van der Waals surface area contributed by atoms with Crippen molar-refractivity contribution < 1.29 is 32.7 Å². The average Bonchev–Trinajstić information content (AvgIpc) is 3.75. The molecule has 2 saturated heterocycles. The summed E-state index contributed by atoms with van der Waals surface area (Å²) in [6, 6.07) is 5.98. The number of likely N-dealkylation sites (tertiary alicyclic amines) is 1. The van der Waals surface area contributed by atoms with Crippen molar-refractivity contribution in [3.63, 3.8) is 0 Å². The van der Waals surface area contributed by atoms with Gasteiger partial charge in [-0.3, -0.25) is 14.5 Å². The molecule has 2 aliphatic heterocycles. The molecule has 6 rings (SSSR count). The largest absolute Gasteiger partial charge is 0.460 e. The van der Waals surface area contributed by atoms with E-state index in [9.17, 15) is 18.8 Å². The van der Waals surface area contributed by atoms with E-state index in [-0.39, 0.29) is 35.3 Å². The first-order chi connectivity index (χ1) is 22.9. The number of amides is 2. The van der Waals surface area contributed by atoms with Gasteiger partial charge in [-0.1, -0.05) is 32.1 Å². The topological polar surface area (TPSA) is 127 Å². The third-order valence-corrected chi connectivity index (χ3v) is 11.1. The van der Waals surface area contributed by atoms with E-state index in [4.69, 9.17) is 19.6 Å². The molecule has 3 N–H and O–H groups in total. The van der Waals surface area contributed by atoms with Gasteiger partial charge in [0.2, 0.25) is 17.6 Å². The summed E-state index contributed by atoms with van der Waals surface area (Å²) in [5.41, 5.74) is 7.09. The highest BCUT2D eigenvalue weighted by molar-refractivity contribution is 6.00. The summed E-state index contributed by atoms with van der Waals surface area (Å²) in [6.07, 6.45) is 10.2. The SMILES string of the molecule is NC(CF)[C@H]1CC[C@H](C(=O)N2CC[C@@H](C3CCCCC3)[C@H]2C(=O)Nc2ccc3oc(C(=O)OCCCN4CCOCC4)cc3c2)CC1. The van der Waals surface area contributed by atoms with Crippen LogP contribution < -0.4 is 11.1 Å². The number of nitrogens with zero attached hydrogens (tertiary/aromatic N) is 2. The molecular formula is C36H51FN4O6. The quantitative estimate of drug-likeness (QED) is 0.252. The van der Waals surface area contributed by atoms with E-state index in [1.54, 1.807) is 24.3 Å². The molecule has 2 saturated carbocycles. The number of alkyl halides is 1. The van der Waals surface area contributed by atoms with Crippen LogP contribution in [0.1, 0.15) is 81.2 Å². The Labute approximate surface area is 276 Å². The van der Waals surface area contributed by atoms with Crippen LogP contribution >= 0.6 is 0 Å². The van der Waals surface area contributed by atoms with Crippen LogP contribution in [-0.2, 0) is 19.1 Å². The Morgan fingerprint density at radius 2 is 1.74 bits per heavy atom. The van der Waals surface area contributed by atoms with Crippen LogP contribution in [0, 0.1) is 23.7 Å². The number of hydrogen-bond donors (Lipinski definition) is 2. The van der Waals surface area contributed by atoms with E-state index in [2.05, 4.69) is 10.2 Å². The average molecular weight is 655 g/mol. The highest BCUT2D eigenvalue weighted by atomic mass is 19.1. The molecule has 1 aromatic heterocycles. The highest BCUT2D eigenvalue weighted by Crippen LogP contribution is 2.41. The van der Waals surface area contributed by atoms with E-state index in [0.29, 0.717) is 48.6 Å². The van der Waals surface area contributed by atoms with Gasteiger partial charge in [0.1, 0.15) is 18.3 Å². The van der Waals surface area contributed by atoms with Crippen molar-refractivity contribution in [1.29, 1.82) is 0 Å². The Balaban J connectivity index is 1.10. The van der Waals surface area contributed by atoms with E-state index in [1.807, 2.05) is 4.90 Å². The smallest absolute Gasteiger partial charge is 0.374 e. The van der Waals surface area contributed by atoms with Crippen LogP contribution in [0.2, 0.25) is 0 Å². The van der Waals surface area contributed by atoms with Crippen molar-refractivity contribution in [1.82, 2.24) is 9.80 Å². The molecule has 4 aliphatic rings. The zero-order valence-corrected chi connectivity index (χ0v) is 27.5. The molecule has 4 fully saturated rings. The van der Waals surface area contributed by atoms with Crippen molar-refractivity contribution in [2.45, 2.75) is 82.7 Å². The predicted molar refractivity (Wildman–Crippen MR) is 177 cm³/mol. The second-order valence-electron chi connectivity index (χ2n) is 14.1. The van der Waals surface area contributed by atoms with Gasteiger partial charge in [0.15, 0.2) is 0 Å². The number of carbonyl (C=O) groups excluding carboxylic acids is 3. The summed E-state index contributed by atoms with van der Waals surface area (Å²) in [4.78, 5) is 44.9. The van der Waals surface area contributed by atoms with Crippen LogP contribution in [0.3, 0.4) is 0 Å². The molecule has 0 spiro atoms. The zero-order chi connectivity index (χ0) is 32.8. The van der Waals surface area contributed by atoms with Crippen molar-refractivity contribution in [2.24, 2.45) is 29.4 Å². The molecule has 2 amide bonds. The van der Waals surface area contributed by atoms with E-state index in [0.717, 1.165) is 84.2 Å². The Bertz CT molecular complexity index is 1360. The third-order valence-electron chi connectivity index (χ3n) is 11.1. The standard InChI is InChI=1S/C36H51FN4O6/c37-23-30(38)25-7-9-26(10-8-25)35(43)41-15-13-29(24-5-2-1-3-6-24)33(41)34(42)39-28-11-12-31-27(21-28)22-32(47-31)36(44)46-18-4-14-40-16-19-45-20-17-40/h11-12,21-22,24-26,29-30,33H,1-10,13-20,23,38H2,(H,39,42)/t25-,26-,29-,30?,33-/m0/s1. The lowest BCUT2D eigenvalue weighted by molar-refractivity contribution is -0.142. The van der Waals surface area contributed by atoms with E-state index < -0.39 is 24.7 Å². The summed E-state index contributed by atoms with van der Waals surface area (Å²) in [5, 5.41) is 3.80. The number of rotatable bonds is 11. The minimum absolute atomic E-state index is 0.0501. The first-order valence-corrected chi connectivity index (χ1v) is 17.8. The molecule has 3 atom stereocenters. The van der Waals surface area contributed by atoms with Crippen LogP contribution in [0.4, 0.5) is 10.1 Å². The number of fused-ring (bicyclic) bond motifs is 1. The van der Waals surface area contributed by atoms with Gasteiger partial charge in [0.25, 0.3) is 0 Å². The highest BCUT2D eigenvalue weighted by Gasteiger charge is 2.47. The maximum atomic E-state index is 14.1. The second-order valence-corrected chi connectivity index (χ2v) is 14.1. The number of carbonyl (C=O) groups is 3. The van der Waals surface area contributed by atoms with Gasteiger partial charge >= 0.3 is 5.97 Å². The number of ether oxygens (including phenoxy) is 2. The minimum atomic E-state index is -0.535. The summed E-state index contributed by atoms with van der Waals surface area (Å²) in [5.74, 6) is 0.00563. The number of esters is 1. The molecule has 2 aliphatic carbocycles. The number of halogens is 1. The number of anilines is 1. The summed E-state index contributed by atoms with van der Waals surface area (Å²) < 4.78 is 29.8. The molecule has 3 heterocycles. The molecular weight excluding hydrogens is 603 g/mol. The molecule has 11 heteroatoms. The normalized spacial score (nSPS) is 26.7. The first-order valence-electron chi connectivity index (χ1n) is 17.8. The van der Waals surface area contributed by atoms with Gasteiger partial charge in [-0.15, -0.1) is 0 Å². The van der Waals surface area contributed by atoms with Crippen LogP contribution in [0.15, 0.2) is 28.7 Å². The lowest BCUT2D eigenvalue weighted by Gasteiger charge is -2.36. The lowest BCUT2D eigenvalue weighted by Crippen LogP contribution is -2.50. The first kappa shape index (κ1) is 33.9. The van der Waals surface area contributed by atoms with Crippen molar-refractivity contribution >= 4 is 34.4 Å². The Hall–Kier alpha value is -3.02. The van der Waals surface area contributed by atoms with Crippen molar-refractivity contribution in [3.05, 3.63) is 30.0 Å². The third kappa shape index (κ3) is 8.17. The lowest BCUT2D eigenvalue weighted by atomic mass is 9.76. The number of nitrogens with one attached hydrogen (secondary N) is 1. The maximum Gasteiger partial charge on any atom is 0.374 e. The molecule has 258 valence electrons. The van der Waals surface area contributed by atoms with Gasteiger partial charge in [0, 0.05) is 49.2 Å². The number of furan rings is 1. The van der Waals surface area contributed by atoms with Gasteiger partial charge in [-0.2, -0.15) is 0 Å². The van der Waals surface area contributed by atoms with Gasteiger partial charge < -0.3 is 29.8 Å². The van der Waals surface area contributed by atoms with Crippen LogP contribution in [-0.4, -0.2) is 92.3 Å². The molecule has 10 nitrogen and oxygen atoms in total. The number of morpholine rings is 1. The molecule has 2 aromatic rings. The number of nitrogens with two attached hydrogens (primary N) is 1. The van der Waals surface area contributed by atoms with E-state index >= 15 is 0 Å². The number of benzene rings is 1. The zero-order valence-electron chi connectivity index (χ0n) is 27.5. The molecule has 47 heavy (non-hydrogen) atoms. The van der Waals surface area contributed by atoms with Crippen LogP contribution in [0.25, 0.3) is 11.0 Å².